The summed E-state index contributed by atoms with van der Waals surface area (Å²) in [6.45, 7) is 0.448. The second-order valence-electron chi connectivity index (χ2n) is 5.37. The van der Waals surface area contributed by atoms with Crippen LogP contribution in [0.5, 0.6) is 0 Å². The van der Waals surface area contributed by atoms with E-state index >= 15 is 0 Å². The van der Waals surface area contributed by atoms with Gasteiger partial charge in [0.1, 0.15) is 0 Å². The normalized spacial score (nSPS) is 13.6. The van der Waals surface area contributed by atoms with Gasteiger partial charge in [0, 0.05) is 24.0 Å². The summed E-state index contributed by atoms with van der Waals surface area (Å²) in [7, 11) is 0. The summed E-state index contributed by atoms with van der Waals surface area (Å²) >= 11 is 11.7. The number of rotatable bonds is 6. The summed E-state index contributed by atoms with van der Waals surface area (Å²) < 4.78 is 4.91. The van der Waals surface area contributed by atoms with Gasteiger partial charge < -0.3 is 15.2 Å². The van der Waals surface area contributed by atoms with Crippen molar-refractivity contribution in [2.24, 2.45) is 0 Å². The fourth-order valence-corrected chi connectivity index (χ4v) is 2.53. The quantitative estimate of drug-likeness (QED) is 0.763. The van der Waals surface area contributed by atoms with Crippen LogP contribution < -0.4 is 10.6 Å². The van der Waals surface area contributed by atoms with E-state index in [0.29, 0.717) is 22.3 Å². The van der Waals surface area contributed by atoms with E-state index in [-0.39, 0.29) is 29.9 Å². The lowest BCUT2D eigenvalue weighted by Gasteiger charge is -2.07. The Kier molecular flexibility index (Phi) is 5.01. The average molecular weight is 369 g/mol. The molecule has 2 aromatic rings. The number of amides is 2. The molecule has 0 radical (unpaired) electrons. The van der Waals surface area contributed by atoms with Gasteiger partial charge >= 0.3 is 11.8 Å². The third kappa shape index (κ3) is 4.04. The number of hydrogen-bond acceptors (Lipinski definition) is 5. The molecule has 7 nitrogen and oxygen atoms in total. The van der Waals surface area contributed by atoms with Crippen LogP contribution in [0.25, 0.3) is 0 Å². The highest BCUT2D eigenvalue weighted by molar-refractivity contribution is 6.36. The Morgan fingerprint density at radius 1 is 1.17 bits per heavy atom. The van der Waals surface area contributed by atoms with Crippen LogP contribution in [0.15, 0.2) is 22.7 Å². The van der Waals surface area contributed by atoms with Crippen LogP contribution in [0.1, 0.15) is 45.6 Å². The Morgan fingerprint density at radius 2 is 1.88 bits per heavy atom. The van der Waals surface area contributed by atoms with Crippen LogP contribution in [0.3, 0.4) is 0 Å². The fraction of sp³-hybridized carbons (Fsp3) is 0.333. The predicted octanol–water partition coefficient (Wildman–Crippen LogP) is 2.41. The van der Waals surface area contributed by atoms with Gasteiger partial charge in [0.2, 0.25) is 0 Å². The molecule has 1 aliphatic carbocycles. The van der Waals surface area contributed by atoms with Crippen molar-refractivity contribution < 1.29 is 14.1 Å². The largest absolute Gasteiger partial charge is 0.350 e. The summed E-state index contributed by atoms with van der Waals surface area (Å²) in [5, 5.41) is 9.74. The van der Waals surface area contributed by atoms with E-state index in [2.05, 4.69) is 20.8 Å². The number of benzene rings is 1. The van der Waals surface area contributed by atoms with Gasteiger partial charge in [-0.25, -0.2) is 0 Å². The molecule has 1 aromatic heterocycles. The van der Waals surface area contributed by atoms with E-state index in [0.717, 1.165) is 12.8 Å². The predicted molar refractivity (Wildman–Crippen MR) is 87.4 cm³/mol. The van der Waals surface area contributed by atoms with Gasteiger partial charge in [0.15, 0.2) is 5.82 Å². The first-order valence-electron chi connectivity index (χ1n) is 7.39. The number of nitrogens with one attached hydrogen (secondary N) is 2. The molecule has 1 fully saturated rings. The maximum atomic E-state index is 12.0. The number of aromatic nitrogens is 2. The van der Waals surface area contributed by atoms with Crippen molar-refractivity contribution in [1.82, 2.24) is 20.8 Å². The van der Waals surface area contributed by atoms with Crippen LogP contribution in [-0.4, -0.2) is 35.0 Å². The lowest BCUT2D eigenvalue weighted by molar-refractivity contribution is 0.0898. The van der Waals surface area contributed by atoms with Gasteiger partial charge in [-0.05, 0) is 31.0 Å². The maximum absolute atomic E-state index is 12.0. The number of hydrogen-bond donors (Lipinski definition) is 2. The molecule has 9 heteroatoms. The first kappa shape index (κ1) is 16.7. The van der Waals surface area contributed by atoms with Gasteiger partial charge in [-0.3, -0.25) is 9.59 Å². The second-order valence-corrected chi connectivity index (χ2v) is 6.21. The van der Waals surface area contributed by atoms with Crippen molar-refractivity contribution in [3.63, 3.8) is 0 Å². The summed E-state index contributed by atoms with van der Waals surface area (Å²) in [6, 6.07) is 4.61. The molecule has 0 aliphatic heterocycles. The molecule has 0 saturated heterocycles. The van der Waals surface area contributed by atoms with Crippen molar-refractivity contribution in [2.45, 2.75) is 18.8 Å². The highest BCUT2D eigenvalue weighted by Crippen LogP contribution is 2.38. The molecule has 1 aromatic carbocycles. The molecule has 1 saturated carbocycles. The topological polar surface area (TPSA) is 97.1 Å². The summed E-state index contributed by atoms with van der Waals surface area (Å²) in [4.78, 5) is 27.9. The highest BCUT2D eigenvalue weighted by Gasteiger charge is 2.29. The Balaban J connectivity index is 1.44. The first-order valence-corrected chi connectivity index (χ1v) is 8.15. The summed E-state index contributed by atoms with van der Waals surface area (Å²) in [6.07, 6.45) is 2.06. The van der Waals surface area contributed by atoms with Gasteiger partial charge in [0.05, 0.1) is 10.6 Å². The Labute approximate surface area is 147 Å². The summed E-state index contributed by atoms with van der Waals surface area (Å²) in [5.41, 5.74) is 0.318. The minimum absolute atomic E-state index is 0.0658. The van der Waals surface area contributed by atoms with Crippen LogP contribution in [0.2, 0.25) is 10.0 Å². The van der Waals surface area contributed by atoms with E-state index < -0.39 is 5.91 Å². The van der Waals surface area contributed by atoms with E-state index in [1.807, 2.05) is 0 Å². The molecule has 2 amide bonds. The lowest BCUT2D eigenvalue weighted by Crippen LogP contribution is -2.34. The van der Waals surface area contributed by atoms with Crippen LogP contribution in [0.4, 0.5) is 0 Å². The standard InChI is InChI=1S/C15H14Cl2N4O3/c16-9-3-4-10(11(17)7-9)13(22)18-5-6-19-14(23)15-20-12(21-24-15)8-1-2-8/h3-4,7-8H,1-2,5-6H2,(H,18,22)(H,19,23). The number of nitrogens with zero attached hydrogens (tertiary/aromatic N) is 2. The zero-order valence-corrected chi connectivity index (χ0v) is 14.0. The SMILES string of the molecule is O=C(NCCNC(=O)c1ccc(Cl)cc1Cl)c1nc(C2CC2)no1. The summed E-state index contributed by atoms with van der Waals surface area (Å²) in [5.74, 6) is 0.0152. The monoisotopic (exact) mass is 368 g/mol. The van der Waals surface area contributed by atoms with E-state index in [1.54, 1.807) is 6.07 Å². The molecule has 2 N–H and O–H groups in total. The number of carbonyl (C=O) groups is 2. The zero-order chi connectivity index (χ0) is 17.1. The Morgan fingerprint density at radius 3 is 2.54 bits per heavy atom. The molecule has 24 heavy (non-hydrogen) atoms. The van der Waals surface area contributed by atoms with Crippen LogP contribution >= 0.6 is 23.2 Å². The number of halogens is 2. The lowest BCUT2D eigenvalue weighted by atomic mass is 10.2. The fourth-order valence-electron chi connectivity index (χ4n) is 2.03. The van der Waals surface area contributed by atoms with Gasteiger partial charge in [-0.2, -0.15) is 4.98 Å². The van der Waals surface area contributed by atoms with Crippen molar-refractivity contribution in [1.29, 1.82) is 0 Å². The Bertz CT molecular complexity index is 774. The maximum Gasteiger partial charge on any atom is 0.315 e. The van der Waals surface area contributed by atoms with Crippen LogP contribution in [0, 0.1) is 0 Å². The Hall–Kier alpha value is -2.12. The molecular formula is C15H14Cl2N4O3. The van der Waals surface area contributed by atoms with Gasteiger partial charge in [0.25, 0.3) is 5.91 Å². The number of carbonyl (C=O) groups excluding carboxylic acids is 2. The molecule has 0 atom stereocenters. The molecule has 1 aliphatic rings. The molecule has 1 heterocycles. The molecule has 126 valence electrons. The van der Waals surface area contributed by atoms with Gasteiger partial charge in [-0.15, -0.1) is 0 Å². The second kappa shape index (κ2) is 7.19. The van der Waals surface area contributed by atoms with Crippen molar-refractivity contribution in [3.8, 4) is 0 Å². The third-order valence-electron chi connectivity index (χ3n) is 3.45. The minimum atomic E-state index is -0.465. The first-order chi connectivity index (χ1) is 11.5. The smallest absolute Gasteiger partial charge is 0.315 e. The van der Waals surface area contributed by atoms with E-state index in [4.69, 9.17) is 27.7 Å². The molecule has 0 spiro atoms. The highest BCUT2D eigenvalue weighted by atomic mass is 35.5. The van der Waals surface area contributed by atoms with Crippen molar-refractivity contribution in [3.05, 3.63) is 45.5 Å². The van der Waals surface area contributed by atoms with E-state index in [1.165, 1.54) is 12.1 Å². The molecule has 0 bridgehead atoms. The molecule has 3 rings (SSSR count). The average Bonchev–Trinajstić information content (AvgIpc) is 3.28. The zero-order valence-electron chi connectivity index (χ0n) is 12.5. The third-order valence-corrected chi connectivity index (χ3v) is 4.00. The van der Waals surface area contributed by atoms with Gasteiger partial charge in [-0.1, -0.05) is 28.4 Å². The molecular weight excluding hydrogens is 355 g/mol. The van der Waals surface area contributed by atoms with Crippen LogP contribution in [-0.2, 0) is 0 Å². The van der Waals surface area contributed by atoms with E-state index in [9.17, 15) is 9.59 Å². The molecule has 0 unspecified atom stereocenters. The minimum Gasteiger partial charge on any atom is -0.350 e. The van der Waals surface area contributed by atoms with Crippen molar-refractivity contribution >= 4 is 35.0 Å². The van der Waals surface area contributed by atoms with Crippen molar-refractivity contribution in [2.75, 3.05) is 13.1 Å².